The van der Waals surface area contributed by atoms with Crippen LogP contribution in [0.4, 0.5) is 4.79 Å². The number of nitrogens with zero attached hydrogens (tertiary/aromatic N) is 1. The smallest absolute Gasteiger partial charge is 0.325 e. The van der Waals surface area contributed by atoms with Gasteiger partial charge in [0.15, 0.2) is 5.78 Å². The number of urea groups is 1. The van der Waals surface area contributed by atoms with Crippen molar-refractivity contribution in [2.75, 3.05) is 13.2 Å². The van der Waals surface area contributed by atoms with Gasteiger partial charge in [0.25, 0.3) is 5.91 Å². The number of ether oxygens (including phenoxy) is 1. The minimum absolute atomic E-state index is 0.316. The van der Waals surface area contributed by atoms with E-state index >= 15 is 0 Å². The summed E-state index contributed by atoms with van der Waals surface area (Å²) in [5, 5.41) is 4.65. The summed E-state index contributed by atoms with van der Waals surface area (Å²) in [4.78, 5) is 39.6. The van der Waals surface area contributed by atoms with Gasteiger partial charge in [-0.3, -0.25) is 14.5 Å². The summed E-state index contributed by atoms with van der Waals surface area (Å²) in [5.74, 6) is -0.0977. The average Bonchev–Trinajstić information content (AvgIpc) is 2.98. The van der Waals surface area contributed by atoms with Crippen LogP contribution in [0.1, 0.15) is 29.8 Å². The van der Waals surface area contributed by atoms with Crippen LogP contribution in [0.3, 0.4) is 0 Å². The van der Waals surface area contributed by atoms with Crippen molar-refractivity contribution in [3.8, 4) is 5.75 Å². The molecule has 0 radical (unpaired) electrons. The summed E-state index contributed by atoms with van der Waals surface area (Å²) >= 11 is 0. The maximum absolute atomic E-state index is 13.3. The Morgan fingerprint density at radius 1 is 1.00 bits per heavy atom. The summed E-state index contributed by atoms with van der Waals surface area (Å²) in [6, 6.07) is 19.4. The molecule has 0 aliphatic carbocycles. The number of imide groups is 1. The van der Waals surface area contributed by atoms with Gasteiger partial charge in [-0.2, -0.15) is 0 Å². The topological polar surface area (TPSA) is 75.7 Å². The van der Waals surface area contributed by atoms with Crippen LogP contribution in [0, 0.1) is 0 Å². The number of Topliss-reactive ketones (excluding diaryl/α,β-unsaturated/α-hetero) is 1. The summed E-state index contributed by atoms with van der Waals surface area (Å²) in [5.41, 5.74) is -0.121. The molecule has 3 amide bonds. The zero-order valence-corrected chi connectivity index (χ0v) is 16.8. The molecule has 3 aromatic rings. The zero-order chi connectivity index (χ0) is 21.3. The first kappa shape index (κ1) is 19.6. The molecule has 0 spiro atoms. The zero-order valence-electron chi connectivity index (χ0n) is 16.8. The molecule has 1 atom stereocenters. The van der Waals surface area contributed by atoms with Crippen LogP contribution in [0.5, 0.6) is 5.75 Å². The molecule has 1 heterocycles. The second-order valence-electron chi connectivity index (χ2n) is 7.35. The van der Waals surface area contributed by atoms with Crippen LogP contribution in [0.2, 0.25) is 0 Å². The monoisotopic (exact) mass is 402 g/mol. The van der Waals surface area contributed by atoms with Crippen LogP contribution in [0.25, 0.3) is 10.8 Å². The predicted octanol–water partition coefficient (Wildman–Crippen LogP) is 3.89. The molecule has 0 bridgehead atoms. The second-order valence-corrected chi connectivity index (χ2v) is 7.35. The normalized spacial score (nSPS) is 18.5. The summed E-state index contributed by atoms with van der Waals surface area (Å²) in [6.45, 7) is 3.77. The first-order valence-corrected chi connectivity index (χ1v) is 9.82. The third-order valence-electron chi connectivity index (χ3n) is 5.39. The highest BCUT2D eigenvalue weighted by atomic mass is 16.5. The van der Waals surface area contributed by atoms with Gasteiger partial charge in [-0.25, -0.2) is 4.79 Å². The van der Waals surface area contributed by atoms with Crippen LogP contribution in [-0.4, -0.2) is 35.8 Å². The van der Waals surface area contributed by atoms with Gasteiger partial charge in [0.05, 0.1) is 13.2 Å². The number of ketones is 1. The fourth-order valence-corrected chi connectivity index (χ4v) is 3.82. The van der Waals surface area contributed by atoms with Crippen molar-refractivity contribution in [2.45, 2.75) is 19.4 Å². The molecule has 1 N–H and O–H groups in total. The first-order valence-electron chi connectivity index (χ1n) is 9.82. The molecule has 6 nitrogen and oxygen atoms in total. The van der Waals surface area contributed by atoms with Crippen molar-refractivity contribution < 1.29 is 19.1 Å². The van der Waals surface area contributed by atoms with E-state index in [2.05, 4.69) is 5.32 Å². The highest BCUT2D eigenvalue weighted by molar-refractivity contribution is 6.12. The van der Waals surface area contributed by atoms with Crippen LogP contribution >= 0.6 is 0 Å². The number of nitrogens with one attached hydrogen (secondary N) is 1. The van der Waals surface area contributed by atoms with Crippen LogP contribution < -0.4 is 10.1 Å². The molecule has 1 fully saturated rings. The van der Waals surface area contributed by atoms with Crippen molar-refractivity contribution in [3.05, 3.63) is 77.9 Å². The SMILES string of the molecule is CCOc1ccc(C(=O)CN2C(=O)NC(C)(c3cccc4ccccc34)C2=O)cc1. The lowest BCUT2D eigenvalue weighted by atomic mass is 9.88. The molecular weight excluding hydrogens is 380 g/mol. The van der Waals surface area contributed by atoms with E-state index in [1.807, 2.05) is 49.4 Å². The standard InChI is InChI=1S/C24H22N2O4/c1-3-30-18-13-11-17(12-14-18)21(27)15-26-22(28)24(2,25-23(26)29)20-10-6-8-16-7-4-5-9-19(16)20/h4-14H,3,15H2,1-2H3,(H,25,29). The van der Waals surface area contributed by atoms with Gasteiger partial charge in [0.2, 0.25) is 0 Å². The molecule has 4 rings (SSSR count). The van der Waals surface area contributed by atoms with E-state index in [-0.39, 0.29) is 12.3 Å². The third-order valence-corrected chi connectivity index (χ3v) is 5.39. The fourth-order valence-electron chi connectivity index (χ4n) is 3.82. The van der Waals surface area contributed by atoms with Crippen molar-refractivity contribution >= 4 is 28.5 Å². The minimum Gasteiger partial charge on any atom is -0.494 e. The number of carbonyl (C=O) groups is 3. The van der Waals surface area contributed by atoms with Crippen molar-refractivity contribution in [1.82, 2.24) is 10.2 Å². The maximum Gasteiger partial charge on any atom is 0.325 e. The van der Waals surface area contributed by atoms with Crippen LogP contribution in [-0.2, 0) is 10.3 Å². The Bertz CT molecular complexity index is 1130. The molecule has 0 saturated carbocycles. The Labute approximate surface area is 174 Å². The summed E-state index contributed by atoms with van der Waals surface area (Å²) in [6.07, 6.45) is 0. The Hall–Kier alpha value is -3.67. The molecule has 30 heavy (non-hydrogen) atoms. The fraction of sp³-hybridized carbons (Fsp3) is 0.208. The van der Waals surface area contributed by atoms with E-state index in [0.29, 0.717) is 23.5 Å². The quantitative estimate of drug-likeness (QED) is 0.501. The molecule has 1 unspecified atom stereocenters. The number of rotatable bonds is 6. The van der Waals surface area contributed by atoms with Gasteiger partial charge >= 0.3 is 6.03 Å². The lowest BCUT2D eigenvalue weighted by molar-refractivity contribution is -0.130. The van der Waals surface area contributed by atoms with Crippen molar-refractivity contribution in [3.63, 3.8) is 0 Å². The molecular formula is C24H22N2O4. The van der Waals surface area contributed by atoms with Gasteiger partial charge in [0.1, 0.15) is 11.3 Å². The Morgan fingerprint density at radius 3 is 2.43 bits per heavy atom. The number of hydrogen-bond acceptors (Lipinski definition) is 4. The lowest BCUT2D eigenvalue weighted by Gasteiger charge is -2.24. The maximum atomic E-state index is 13.3. The van der Waals surface area contributed by atoms with Gasteiger partial charge in [-0.15, -0.1) is 0 Å². The number of carbonyl (C=O) groups excluding carboxylic acids is 3. The molecule has 3 aromatic carbocycles. The van der Waals surface area contributed by atoms with E-state index in [1.54, 1.807) is 31.2 Å². The van der Waals surface area contributed by atoms with Gasteiger partial charge < -0.3 is 10.1 Å². The highest BCUT2D eigenvalue weighted by Gasteiger charge is 2.50. The highest BCUT2D eigenvalue weighted by Crippen LogP contribution is 2.33. The van der Waals surface area contributed by atoms with E-state index in [1.165, 1.54) is 0 Å². The Kier molecular flexibility index (Phi) is 4.99. The molecule has 6 heteroatoms. The number of amides is 3. The van der Waals surface area contributed by atoms with Crippen molar-refractivity contribution in [1.29, 1.82) is 0 Å². The van der Waals surface area contributed by atoms with E-state index in [0.717, 1.165) is 15.7 Å². The van der Waals surface area contributed by atoms with Gasteiger partial charge in [-0.05, 0) is 54.4 Å². The van der Waals surface area contributed by atoms with E-state index in [9.17, 15) is 14.4 Å². The van der Waals surface area contributed by atoms with Crippen LogP contribution in [0.15, 0.2) is 66.7 Å². The Morgan fingerprint density at radius 2 is 1.70 bits per heavy atom. The number of hydrogen-bond donors (Lipinski definition) is 1. The van der Waals surface area contributed by atoms with Gasteiger partial charge in [-0.1, -0.05) is 42.5 Å². The number of fused-ring (bicyclic) bond motifs is 1. The molecule has 1 saturated heterocycles. The molecule has 1 aliphatic heterocycles. The predicted molar refractivity (Wildman–Crippen MR) is 113 cm³/mol. The van der Waals surface area contributed by atoms with E-state index < -0.39 is 17.5 Å². The molecule has 1 aliphatic rings. The molecule has 152 valence electrons. The Balaban J connectivity index is 1.60. The molecule has 0 aromatic heterocycles. The van der Waals surface area contributed by atoms with Gasteiger partial charge in [0, 0.05) is 5.56 Å². The first-order chi connectivity index (χ1) is 14.4. The summed E-state index contributed by atoms with van der Waals surface area (Å²) < 4.78 is 5.38. The third kappa shape index (κ3) is 3.30. The summed E-state index contributed by atoms with van der Waals surface area (Å²) in [7, 11) is 0. The second kappa shape index (κ2) is 7.63. The number of benzene rings is 3. The van der Waals surface area contributed by atoms with E-state index in [4.69, 9.17) is 4.74 Å². The average molecular weight is 402 g/mol. The minimum atomic E-state index is -1.24. The van der Waals surface area contributed by atoms with Crippen molar-refractivity contribution in [2.24, 2.45) is 0 Å². The lowest BCUT2D eigenvalue weighted by Crippen LogP contribution is -2.41. The largest absolute Gasteiger partial charge is 0.494 e.